The summed E-state index contributed by atoms with van der Waals surface area (Å²) in [6, 6.07) is 0. The van der Waals surface area contributed by atoms with Gasteiger partial charge >= 0.3 is 0 Å². The average molecular weight is 209 g/mol. The largest absolute Gasteiger partial charge is 0.342 e. The molecule has 1 aromatic heterocycles. The van der Waals surface area contributed by atoms with Crippen LogP contribution < -0.4 is 0 Å². The molecule has 1 aromatic rings. The molecule has 1 atom stereocenters. The zero-order valence-corrected chi connectivity index (χ0v) is 8.81. The Labute approximate surface area is 88.0 Å². The summed E-state index contributed by atoms with van der Waals surface area (Å²) in [5.41, 5.74) is 0. The van der Waals surface area contributed by atoms with E-state index in [1.807, 2.05) is 4.90 Å². The first-order valence-corrected chi connectivity index (χ1v) is 5.26. The van der Waals surface area contributed by atoms with E-state index in [4.69, 9.17) is 0 Å². The molecule has 1 unspecified atom stereocenters. The molecule has 1 fully saturated rings. The number of carbonyl (C=O) groups excluding carboxylic acids is 1. The van der Waals surface area contributed by atoms with Crippen LogP contribution in [0.4, 0.5) is 0 Å². The molecule has 1 amide bonds. The summed E-state index contributed by atoms with van der Waals surface area (Å²) >= 11 is 0. The molecule has 1 aliphatic heterocycles. The monoisotopic (exact) mass is 209 g/mol. The van der Waals surface area contributed by atoms with Gasteiger partial charge in [-0.3, -0.25) is 4.79 Å². The van der Waals surface area contributed by atoms with Crippen molar-refractivity contribution < 1.29 is 4.79 Å². The van der Waals surface area contributed by atoms with Crippen LogP contribution >= 0.6 is 0 Å². The number of amides is 1. The van der Waals surface area contributed by atoms with Crippen LogP contribution in [-0.2, 0) is 11.2 Å². The van der Waals surface area contributed by atoms with Crippen molar-refractivity contribution in [1.82, 2.24) is 25.5 Å². The van der Waals surface area contributed by atoms with Gasteiger partial charge in [-0.1, -0.05) is 12.1 Å². The van der Waals surface area contributed by atoms with Gasteiger partial charge in [0.1, 0.15) is 0 Å². The van der Waals surface area contributed by atoms with Crippen LogP contribution in [0.25, 0.3) is 0 Å². The zero-order chi connectivity index (χ0) is 10.7. The van der Waals surface area contributed by atoms with Gasteiger partial charge < -0.3 is 4.90 Å². The van der Waals surface area contributed by atoms with Gasteiger partial charge in [0.2, 0.25) is 5.91 Å². The second kappa shape index (κ2) is 4.37. The number of H-pyrrole nitrogens is 1. The van der Waals surface area contributed by atoms with Crippen molar-refractivity contribution in [2.45, 2.75) is 26.2 Å². The molecule has 1 N–H and O–H groups in total. The van der Waals surface area contributed by atoms with Crippen LogP contribution in [0.1, 0.15) is 25.6 Å². The van der Waals surface area contributed by atoms with E-state index in [9.17, 15) is 4.79 Å². The smallest absolute Gasteiger partial charge is 0.230 e. The Bertz CT molecular complexity index is 323. The normalized spacial score (nSPS) is 21.7. The van der Waals surface area contributed by atoms with Gasteiger partial charge in [0, 0.05) is 13.1 Å². The van der Waals surface area contributed by atoms with E-state index < -0.39 is 0 Å². The minimum absolute atomic E-state index is 0.1000. The maximum absolute atomic E-state index is 11.8. The van der Waals surface area contributed by atoms with Gasteiger partial charge in [0.05, 0.1) is 6.42 Å². The summed E-state index contributed by atoms with van der Waals surface area (Å²) in [5.74, 6) is 1.18. The lowest BCUT2D eigenvalue weighted by Gasteiger charge is -2.30. The number of aromatic amines is 1. The van der Waals surface area contributed by atoms with Crippen molar-refractivity contribution >= 4 is 5.91 Å². The van der Waals surface area contributed by atoms with E-state index in [1.54, 1.807) is 0 Å². The third-order valence-corrected chi connectivity index (χ3v) is 2.71. The van der Waals surface area contributed by atoms with Crippen LogP contribution in [0.2, 0.25) is 0 Å². The minimum atomic E-state index is 0.1000. The Kier molecular flexibility index (Phi) is 2.94. The fourth-order valence-corrected chi connectivity index (χ4v) is 1.92. The van der Waals surface area contributed by atoms with Crippen molar-refractivity contribution in [1.29, 1.82) is 0 Å². The quantitative estimate of drug-likeness (QED) is 0.744. The van der Waals surface area contributed by atoms with Crippen LogP contribution in [0, 0.1) is 5.92 Å². The van der Waals surface area contributed by atoms with Crippen molar-refractivity contribution in [2.75, 3.05) is 13.1 Å². The Morgan fingerprint density at radius 1 is 1.67 bits per heavy atom. The molecule has 1 aliphatic rings. The third kappa shape index (κ3) is 2.51. The second-order valence-electron chi connectivity index (χ2n) is 4.09. The third-order valence-electron chi connectivity index (χ3n) is 2.71. The zero-order valence-electron chi connectivity index (χ0n) is 8.81. The summed E-state index contributed by atoms with van der Waals surface area (Å²) in [4.78, 5) is 13.7. The molecular weight excluding hydrogens is 194 g/mol. The standard InChI is InChI=1S/C9H15N5O/c1-7-3-2-4-14(6-7)9(15)5-8-10-12-13-11-8/h7H,2-6H2,1H3,(H,10,11,12,13). The molecule has 0 saturated carbocycles. The lowest BCUT2D eigenvalue weighted by Crippen LogP contribution is -2.40. The molecule has 82 valence electrons. The molecule has 0 aliphatic carbocycles. The molecule has 1 saturated heterocycles. The van der Waals surface area contributed by atoms with Crippen molar-refractivity contribution in [2.24, 2.45) is 5.92 Å². The molecule has 15 heavy (non-hydrogen) atoms. The Morgan fingerprint density at radius 3 is 3.20 bits per heavy atom. The number of piperidine rings is 1. The number of carbonyl (C=O) groups is 1. The minimum Gasteiger partial charge on any atom is -0.342 e. The van der Waals surface area contributed by atoms with Gasteiger partial charge in [-0.2, -0.15) is 5.21 Å². The highest BCUT2D eigenvalue weighted by molar-refractivity contribution is 5.78. The summed E-state index contributed by atoms with van der Waals surface area (Å²) in [5, 5.41) is 13.3. The summed E-state index contributed by atoms with van der Waals surface area (Å²) in [6.45, 7) is 3.89. The number of nitrogens with zero attached hydrogens (tertiary/aromatic N) is 4. The number of hydrogen-bond acceptors (Lipinski definition) is 4. The molecular formula is C9H15N5O. The molecule has 6 nitrogen and oxygen atoms in total. The average Bonchev–Trinajstić information content (AvgIpc) is 2.70. The molecule has 0 aromatic carbocycles. The summed E-state index contributed by atoms with van der Waals surface area (Å²) in [7, 11) is 0. The Balaban J connectivity index is 1.90. The van der Waals surface area contributed by atoms with Crippen molar-refractivity contribution in [3.05, 3.63) is 5.82 Å². The highest BCUT2D eigenvalue weighted by Gasteiger charge is 2.21. The van der Waals surface area contributed by atoms with Gasteiger partial charge in [0.15, 0.2) is 5.82 Å². The number of aromatic nitrogens is 4. The van der Waals surface area contributed by atoms with Crippen LogP contribution in [0.5, 0.6) is 0 Å². The number of nitrogens with one attached hydrogen (secondary N) is 1. The van der Waals surface area contributed by atoms with E-state index in [0.717, 1.165) is 19.5 Å². The van der Waals surface area contributed by atoms with E-state index in [2.05, 4.69) is 27.5 Å². The maximum Gasteiger partial charge on any atom is 0.230 e. The van der Waals surface area contributed by atoms with Crippen LogP contribution in [0.15, 0.2) is 0 Å². The van der Waals surface area contributed by atoms with E-state index in [1.165, 1.54) is 6.42 Å². The van der Waals surface area contributed by atoms with Crippen molar-refractivity contribution in [3.8, 4) is 0 Å². The number of tetrazole rings is 1. The fraction of sp³-hybridized carbons (Fsp3) is 0.778. The van der Waals surface area contributed by atoms with Gasteiger partial charge in [-0.15, -0.1) is 10.2 Å². The predicted octanol–water partition coefficient (Wildman–Crippen LogP) is 0.000700. The molecule has 0 bridgehead atoms. The van der Waals surface area contributed by atoms with Gasteiger partial charge in [0.25, 0.3) is 0 Å². The number of rotatable bonds is 2. The molecule has 6 heteroatoms. The first-order chi connectivity index (χ1) is 7.25. The van der Waals surface area contributed by atoms with E-state index >= 15 is 0 Å². The molecule has 2 rings (SSSR count). The summed E-state index contributed by atoms with van der Waals surface area (Å²) < 4.78 is 0. The lowest BCUT2D eigenvalue weighted by molar-refractivity contribution is -0.132. The number of likely N-dealkylation sites (tertiary alicyclic amines) is 1. The Hall–Kier alpha value is -1.46. The maximum atomic E-state index is 11.8. The number of hydrogen-bond donors (Lipinski definition) is 1. The highest BCUT2D eigenvalue weighted by atomic mass is 16.2. The van der Waals surface area contributed by atoms with Gasteiger partial charge in [-0.05, 0) is 18.8 Å². The topological polar surface area (TPSA) is 74.8 Å². The second-order valence-corrected chi connectivity index (χ2v) is 4.09. The van der Waals surface area contributed by atoms with Crippen molar-refractivity contribution in [3.63, 3.8) is 0 Å². The highest BCUT2D eigenvalue weighted by Crippen LogP contribution is 2.15. The SMILES string of the molecule is CC1CCCN(C(=O)Cc2nn[nH]n2)C1. The Morgan fingerprint density at radius 2 is 2.53 bits per heavy atom. The molecule has 2 heterocycles. The predicted molar refractivity (Wildman–Crippen MR) is 52.9 cm³/mol. The first kappa shape index (κ1) is 10.1. The first-order valence-electron chi connectivity index (χ1n) is 5.26. The lowest BCUT2D eigenvalue weighted by atomic mass is 10.00. The molecule has 0 radical (unpaired) electrons. The summed E-state index contributed by atoms with van der Waals surface area (Å²) in [6.07, 6.45) is 2.56. The van der Waals surface area contributed by atoms with Crippen LogP contribution in [-0.4, -0.2) is 44.5 Å². The van der Waals surface area contributed by atoms with Crippen LogP contribution in [0.3, 0.4) is 0 Å². The van der Waals surface area contributed by atoms with Gasteiger partial charge in [-0.25, -0.2) is 0 Å². The fourth-order valence-electron chi connectivity index (χ4n) is 1.92. The van der Waals surface area contributed by atoms with E-state index in [0.29, 0.717) is 11.7 Å². The molecule has 0 spiro atoms. The van der Waals surface area contributed by atoms with E-state index in [-0.39, 0.29) is 12.3 Å².